The van der Waals surface area contributed by atoms with Gasteiger partial charge in [0.1, 0.15) is 11.5 Å². The monoisotopic (exact) mass is 270 g/mol. The number of amides is 1. The van der Waals surface area contributed by atoms with Crippen LogP contribution in [0.5, 0.6) is 11.5 Å². The van der Waals surface area contributed by atoms with Crippen molar-refractivity contribution >= 4 is 12.1 Å². The molecule has 0 spiro atoms. The smallest absolute Gasteiger partial charge is 0.271 e. The molecule has 0 aliphatic heterocycles. The Hall–Kier alpha value is -2.82. The highest BCUT2D eigenvalue weighted by atomic mass is 16.5. The maximum absolute atomic E-state index is 11.8. The molecule has 0 heterocycles. The molecule has 0 aliphatic carbocycles. The summed E-state index contributed by atoms with van der Waals surface area (Å²) in [7, 11) is 1.57. The van der Waals surface area contributed by atoms with Gasteiger partial charge in [-0.05, 0) is 54.1 Å². The van der Waals surface area contributed by atoms with Crippen LogP contribution in [0.15, 0.2) is 53.6 Å². The fraction of sp³-hybridized carbons (Fsp3) is 0.0667. The van der Waals surface area contributed by atoms with Gasteiger partial charge in [-0.3, -0.25) is 4.79 Å². The first kappa shape index (κ1) is 13.6. The summed E-state index contributed by atoms with van der Waals surface area (Å²) >= 11 is 0. The number of rotatable bonds is 4. The van der Waals surface area contributed by atoms with Crippen LogP contribution >= 0.6 is 0 Å². The summed E-state index contributed by atoms with van der Waals surface area (Å²) in [5.74, 6) is 0.571. The van der Waals surface area contributed by atoms with Crippen molar-refractivity contribution in [2.24, 2.45) is 5.10 Å². The van der Waals surface area contributed by atoms with E-state index in [1.165, 1.54) is 6.21 Å². The molecule has 0 saturated heterocycles. The van der Waals surface area contributed by atoms with E-state index in [-0.39, 0.29) is 11.7 Å². The molecule has 0 aliphatic rings. The number of hydrazone groups is 1. The molecule has 2 aromatic rings. The van der Waals surface area contributed by atoms with Crippen LogP contribution < -0.4 is 10.2 Å². The molecule has 1 amide bonds. The second kappa shape index (κ2) is 6.38. The maximum Gasteiger partial charge on any atom is 0.271 e. The molecule has 5 nitrogen and oxygen atoms in total. The van der Waals surface area contributed by atoms with Gasteiger partial charge in [0.05, 0.1) is 13.3 Å². The Kier molecular flexibility index (Phi) is 4.34. The van der Waals surface area contributed by atoms with Crippen molar-refractivity contribution in [1.82, 2.24) is 5.43 Å². The zero-order valence-corrected chi connectivity index (χ0v) is 10.9. The number of nitrogens with zero attached hydrogens (tertiary/aromatic N) is 1. The number of benzene rings is 2. The lowest BCUT2D eigenvalue weighted by atomic mass is 10.2. The van der Waals surface area contributed by atoms with E-state index in [1.807, 2.05) is 0 Å². The van der Waals surface area contributed by atoms with Crippen LogP contribution in [-0.2, 0) is 0 Å². The third-order valence-electron chi connectivity index (χ3n) is 2.63. The predicted molar refractivity (Wildman–Crippen MR) is 76.2 cm³/mol. The molecule has 0 fully saturated rings. The molecule has 5 heteroatoms. The van der Waals surface area contributed by atoms with Gasteiger partial charge in [-0.1, -0.05) is 0 Å². The largest absolute Gasteiger partial charge is 0.508 e. The second-order valence-corrected chi connectivity index (χ2v) is 4.02. The van der Waals surface area contributed by atoms with E-state index in [2.05, 4.69) is 10.5 Å². The molecule has 0 bridgehead atoms. The van der Waals surface area contributed by atoms with Gasteiger partial charge in [0.2, 0.25) is 0 Å². The normalized spacial score (nSPS) is 10.4. The van der Waals surface area contributed by atoms with Crippen LogP contribution in [0.1, 0.15) is 15.9 Å². The summed E-state index contributed by atoms with van der Waals surface area (Å²) in [5.41, 5.74) is 3.70. The van der Waals surface area contributed by atoms with Gasteiger partial charge in [-0.15, -0.1) is 0 Å². The number of phenolic OH excluding ortho intramolecular Hbond substituents is 1. The molecule has 2 N–H and O–H groups in total. The van der Waals surface area contributed by atoms with Crippen molar-refractivity contribution in [2.45, 2.75) is 0 Å². The summed E-state index contributed by atoms with van der Waals surface area (Å²) in [5, 5.41) is 13.0. The standard InChI is InChI=1S/C15H14N2O3/c1-20-14-8-4-12(5-9-14)15(19)17-16-10-11-2-6-13(18)7-3-11/h2-10,18H,1H3,(H,17,19)/b16-10+. The molecule has 2 rings (SSSR count). The quantitative estimate of drug-likeness (QED) is 0.660. The number of nitrogens with one attached hydrogen (secondary N) is 1. The summed E-state index contributed by atoms with van der Waals surface area (Å²) < 4.78 is 5.02. The van der Waals surface area contributed by atoms with Crippen LogP contribution in [0.2, 0.25) is 0 Å². The van der Waals surface area contributed by atoms with E-state index in [1.54, 1.807) is 55.6 Å². The van der Waals surface area contributed by atoms with Crippen molar-refractivity contribution in [3.05, 3.63) is 59.7 Å². The third kappa shape index (κ3) is 3.58. The fourth-order valence-corrected chi connectivity index (χ4v) is 1.53. The number of ether oxygens (including phenoxy) is 1. The van der Waals surface area contributed by atoms with Crippen LogP contribution in [0.25, 0.3) is 0 Å². The molecular weight excluding hydrogens is 256 g/mol. The molecule has 0 unspecified atom stereocenters. The van der Waals surface area contributed by atoms with Gasteiger partial charge in [0.25, 0.3) is 5.91 Å². The lowest BCUT2D eigenvalue weighted by Gasteiger charge is -2.02. The van der Waals surface area contributed by atoms with E-state index in [0.29, 0.717) is 11.3 Å². The maximum atomic E-state index is 11.8. The SMILES string of the molecule is COc1ccc(C(=O)N/N=C/c2ccc(O)cc2)cc1. The molecule has 0 aromatic heterocycles. The minimum Gasteiger partial charge on any atom is -0.508 e. The molecule has 20 heavy (non-hydrogen) atoms. The Bertz CT molecular complexity index is 604. The van der Waals surface area contributed by atoms with E-state index in [4.69, 9.17) is 9.84 Å². The first-order valence-corrected chi connectivity index (χ1v) is 5.95. The van der Waals surface area contributed by atoms with Gasteiger partial charge < -0.3 is 9.84 Å². The average Bonchev–Trinajstić information content (AvgIpc) is 2.49. The number of methoxy groups -OCH3 is 1. The lowest BCUT2D eigenvalue weighted by Crippen LogP contribution is -2.17. The summed E-state index contributed by atoms with van der Waals surface area (Å²) in [6, 6.07) is 13.2. The van der Waals surface area contributed by atoms with Gasteiger partial charge in [0.15, 0.2) is 0 Å². The average molecular weight is 270 g/mol. The first-order chi connectivity index (χ1) is 9.69. The predicted octanol–water partition coefficient (Wildman–Crippen LogP) is 2.16. The van der Waals surface area contributed by atoms with Crippen LogP contribution in [0.3, 0.4) is 0 Å². The lowest BCUT2D eigenvalue weighted by molar-refractivity contribution is 0.0955. The summed E-state index contributed by atoms with van der Waals surface area (Å²) in [6.45, 7) is 0. The molecule has 0 atom stereocenters. The number of hydrogen-bond acceptors (Lipinski definition) is 4. The highest BCUT2D eigenvalue weighted by molar-refractivity contribution is 5.94. The fourth-order valence-electron chi connectivity index (χ4n) is 1.53. The van der Waals surface area contributed by atoms with Crippen LogP contribution in [-0.4, -0.2) is 24.3 Å². The van der Waals surface area contributed by atoms with Gasteiger partial charge in [-0.25, -0.2) is 5.43 Å². The van der Waals surface area contributed by atoms with E-state index in [0.717, 1.165) is 5.56 Å². The van der Waals surface area contributed by atoms with E-state index >= 15 is 0 Å². The number of carbonyl (C=O) groups is 1. The molecule has 102 valence electrons. The third-order valence-corrected chi connectivity index (χ3v) is 2.63. The number of hydrogen-bond donors (Lipinski definition) is 2. The van der Waals surface area contributed by atoms with E-state index < -0.39 is 0 Å². The van der Waals surface area contributed by atoms with Crippen molar-refractivity contribution in [1.29, 1.82) is 0 Å². The van der Waals surface area contributed by atoms with Crippen molar-refractivity contribution in [3.8, 4) is 11.5 Å². The molecule has 0 saturated carbocycles. The first-order valence-electron chi connectivity index (χ1n) is 5.95. The zero-order chi connectivity index (χ0) is 14.4. The number of phenols is 1. The Balaban J connectivity index is 1.95. The Morgan fingerprint density at radius 1 is 1.15 bits per heavy atom. The minimum atomic E-state index is -0.303. The van der Waals surface area contributed by atoms with Crippen molar-refractivity contribution in [2.75, 3.05) is 7.11 Å². The van der Waals surface area contributed by atoms with E-state index in [9.17, 15) is 4.79 Å². The highest BCUT2D eigenvalue weighted by Crippen LogP contribution is 2.11. The zero-order valence-electron chi connectivity index (χ0n) is 10.9. The Morgan fingerprint density at radius 3 is 2.40 bits per heavy atom. The second-order valence-electron chi connectivity index (χ2n) is 4.02. The van der Waals surface area contributed by atoms with Crippen molar-refractivity contribution in [3.63, 3.8) is 0 Å². The number of aromatic hydroxyl groups is 1. The Morgan fingerprint density at radius 2 is 1.80 bits per heavy atom. The van der Waals surface area contributed by atoms with Gasteiger partial charge in [0, 0.05) is 5.56 Å². The molecule has 0 radical (unpaired) electrons. The Labute approximate surface area is 116 Å². The topological polar surface area (TPSA) is 70.9 Å². The number of carbonyl (C=O) groups excluding carboxylic acids is 1. The van der Waals surface area contributed by atoms with Crippen LogP contribution in [0.4, 0.5) is 0 Å². The molecule has 2 aromatic carbocycles. The molecular formula is C15H14N2O3. The summed E-state index contributed by atoms with van der Waals surface area (Å²) in [4.78, 5) is 11.8. The summed E-state index contributed by atoms with van der Waals surface area (Å²) in [6.07, 6.45) is 1.50. The minimum absolute atomic E-state index is 0.185. The van der Waals surface area contributed by atoms with Crippen molar-refractivity contribution < 1.29 is 14.6 Å². The highest BCUT2D eigenvalue weighted by Gasteiger charge is 2.03. The van der Waals surface area contributed by atoms with Crippen LogP contribution in [0, 0.1) is 0 Å². The van der Waals surface area contributed by atoms with Gasteiger partial charge in [-0.2, -0.15) is 5.10 Å². The van der Waals surface area contributed by atoms with Gasteiger partial charge >= 0.3 is 0 Å².